The number of hydrogen-bond acceptors (Lipinski definition) is 9. The summed E-state index contributed by atoms with van der Waals surface area (Å²) < 4.78 is 0. The molecule has 1 aliphatic rings. The summed E-state index contributed by atoms with van der Waals surface area (Å²) in [7, 11) is 0. The molecule has 1 aromatic heterocycles. The van der Waals surface area contributed by atoms with Gasteiger partial charge in [0.1, 0.15) is 11.7 Å². The summed E-state index contributed by atoms with van der Waals surface area (Å²) in [6.07, 6.45) is -0.588. The van der Waals surface area contributed by atoms with Crippen molar-refractivity contribution in [2.75, 3.05) is 34.4 Å². The molecule has 2 unspecified atom stereocenters. The van der Waals surface area contributed by atoms with Crippen molar-refractivity contribution < 1.29 is 24.6 Å². The van der Waals surface area contributed by atoms with Gasteiger partial charge in [0.05, 0.1) is 6.04 Å². The van der Waals surface area contributed by atoms with Crippen LogP contribution in [0.2, 0.25) is 0 Å². The third-order valence-electron chi connectivity index (χ3n) is 5.57. The second-order valence-corrected chi connectivity index (χ2v) is 8.44. The molecule has 1 aliphatic heterocycles. The number of nitrogens with two attached hydrogens (primary N) is 1. The van der Waals surface area contributed by atoms with E-state index in [4.69, 9.17) is 10.8 Å². The number of anilines is 4. The van der Waals surface area contributed by atoms with Crippen LogP contribution in [-0.4, -0.2) is 107 Å². The molecular formula is C22H29CaN7O6+2. The number of H-pyrrole nitrogens is 1. The quantitative estimate of drug-likeness (QED) is 0.207. The number of carboxylic acids is 2. The molecule has 2 heterocycles. The number of carbonyl (C=O) groups excluding carboxylic acids is 1. The monoisotopic (exact) mass is 527 g/mol. The topological polar surface area (TPSA) is 203 Å². The summed E-state index contributed by atoms with van der Waals surface area (Å²) in [5.74, 6) is -2.57. The van der Waals surface area contributed by atoms with Gasteiger partial charge >= 0.3 is 49.7 Å². The zero-order valence-corrected chi connectivity index (χ0v) is 22.3. The van der Waals surface area contributed by atoms with Crippen LogP contribution >= 0.6 is 0 Å². The largest absolute Gasteiger partial charge is 2.00 e. The van der Waals surface area contributed by atoms with Gasteiger partial charge in [0, 0.05) is 36.8 Å². The maximum absolute atomic E-state index is 12.5. The maximum atomic E-state index is 12.5. The van der Waals surface area contributed by atoms with Crippen LogP contribution in [0.1, 0.15) is 37.0 Å². The summed E-state index contributed by atoms with van der Waals surface area (Å²) in [6, 6.07) is 5.08. The molecule has 0 spiro atoms. The summed E-state index contributed by atoms with van der Waals surface area (Å²) in [6.45, 7) is 4.97. The Labute approximate surface area is 236 Å². The van der Waals surface area contributed by atoms with Crippen LogP contribution in [0.4, 0.5) is 23.1 Å². The van der Waals surface area contributed by atoms with Crippen molar-refractivity contribution in [3.8, 4) is 0 Å². The number of benzene rings is 1. The number of hydrogen-bond donors (Lipinski definition) is 7. The second kappa shape index (κ2) is 12.8. The predicted molar refractivity (Wildman–Crippen MR) is 136 cm³/mol. The Balaban J connectivity index is 0.00000456. The van der Waals surface area contributed by atoms with Crippen LogP contribution in [0.25, 0.3) is 0 Å². The molecular weight excluding hydrogens is 498 g/mol. The Morgan fingerprint density at radius 1 is 1.22 bits per heavy atom. The van der Waals surface area contributed by atoms with E-state index >= 15 is 0 Å². The number of aliphatic carboxylic acids is 2. The third kappa shape index (κ3) is 7.24. The molecule has 8 N–H and O–H groups in total. The first kappa shape index (κ1) is 29.2. The number of rotatable bonds is 10. The smallest absolute Gasteiger partial charge is 0.481 e. The van der Waals surface area contributed by atoms with Crippen LogP contribution < -0.4 is 32.1 Å². The molecule has 3 rings (SSSR count). The third-order valence-corrected chi connectivity index (χ3v) is 5.57. The minimum Gasteiger partial charge on any atom is -0.481 e. The van der Waals surface area contributed by atoms with Crippen molar-refractivity contribution in [2.45, 2.75) is 44.8 Å². The zero-order valence-electron chi connectivity index (χ0n) is 20.1. The number of carbonyl (C=O) groups is 3. The van der Waals surface area contributed by atoms with E-state index in [2.05, 4.69) is 25.9 Å². The van der Waals surface area contributed by atoms with E-state index in [0.717, 1.165) is 5.69 Å². The fraction of sp³-hybridized carbons (Fsp3) is 0.409. The van der Waals surface area contributed by atoms with E-state index in [1.165, 1.54) is 0 Å². The second-order valence-electron chi connectivity index (χ2n) is 8.44. The van der Waals surface area contributed by atoms with Crippen molar-refractivity contribution in [2.24, 2.45) is 0 Å². The SMILES string of the molecule is CC(C)N1c2c(nc(N)[nH]c2=O)NCC1CNc1ccc(C(=O)NC(CCC(=O)O)C(=O)O)cc1.[Ca+2]. The summed E-state index contributed by atoms with van der Waals surface area (Å²) in [5, 5.41) is 26.7. The molecule has 1 amide bonds. The Morgan fingerprint density at radius 3 is 2.47 bits per heavy atom. The van der Waals surface area contributed by atoms with Crippen LogP contribution in [0.3, 0.4) is 0 Å². The normalized spacial score (nSPS) is 15.2. The molecule has 36 heavy (non-hydrogen) atoms. The van der Waals surface area contributed by atoms with E-state index in [0.29, 0.717) is 24.6 Å². The van der Waals surface area contributed by atoms with Crippen molar-refractivity contribution >= 4 is 78.7 Å². The molecule has 1 aromatic carbocycles. The molecule has 14 heteroatoms. The van der Waals surface area contributed by atoms with Crippen molar-refractivity contribution in [1.82, 2.24) is 15.3 Å². The van der Waals surface area contributed by atoms with E-state index in [1.807, 2.05) is 18.7 Å². The van der Waals surface area contributed by atoms with Crippen LogP contribution in [0, 0.1) is 0 Å². The first-order valence-electron chi connectivity index (χ1n) is 11.1. The minimum atomic E-state index is -1.30. The van der Waals surface area contributed by atoms with Gasteiger partial charge in [-0.2, -0.15) is 4.98 Å². The van der Waals surface area contributed by atoms with Gasteiger partial charge in [-0.1, -0.05) is 0 Å². The van der Waals surface area contributed by atoms with Gasteiger partial charge in [0.2, 0.25) is 5.95 Å². The first-order valence-corrected chi connectivity index (χ1v) is 11.1. The van der Waals surface area contributed by atoms with Gasteiger partial charge in [-0.05, 0) is 44.5 Å². The molecule has 0 saturated carbocycles. The van der Waals surface area contributed by atoms with E-state index < -0.39 is 23.9 Å². The molecule has 0 bridgehead atoms. The van der Waals surface area contributed by atoms with Gasteiger partial charge in [0.25, 0.3) is 11.5 Å². The number of nitrogens with one attached hydrogen (secondary N) is 4. The average Bonchev–Trinajstić information content (AvgIpc) is 2.79. The molecule has 0 fully saturated rings. The van der Waals surface area contributed by atoms with Gasteiger partial charge < -0.3 is 36.8 Å². The van der Waals surface area contributed by atoms with Crippen LogP contribution in [-0.2, 0) is 9.59 Å². The van der Waals surface area contributed by atoms with Crippen LogP contribution in [0.15, 0.2) is 29.1 Å². The standard InChI is InChI=1S/C22H29N7O6.Ca/c1-11(2)29-14(10-25-18-17(29)20(33)28-22(23)27-18)9-24-13-5-3-12(4-6-13)19(32)26-15(21(34)35)7-8-16(30)31;/h3-6,11,14-15,24H,7-10H2,1-2H3,(H,26,32)(H,30,31)(H,34,35)(H4,23,25,27,28,33);/q;+2. The number of fused-ring (bicyclic) bond motifs is 1. The fourth-order valence-electron chi connectivity index (χ4n) is 3.93. The molecule has 13 nitrogen and oxygen atoms in total. The number of aromatic amines is 1. The van der Waals surface area contributed by atoms with Gasteiger partial charge in [-0.15, -0.1) is 0 Å². The number of nitrogens with zero attached hydrogens (tertiary/aromatic N) is 2. The van der Waals surface area contributed by atoms with Crippen molar-refractivity contribution in [3.63, 3.8) is 0 Å². The summed E-state index contributed by atoms with van der Waals surface area (Å²) in [5.41, 5.74) is 6.72. The van der Waals surface area contributed by atoms with Crippen LogP contribution in [0.5, 0.6) is 0 Å². The van der Waals surface area contributed by atoms with E-state index in [-0.39, 0.29) is 79.7 Å². The van der Waals surface area contributed by atoms with Gasteiger partial charge in [-0.25, -0.2) is 4.79 Å². The van der Waals surface area contributed by atoms with E-state index in [9.17, 15) is 24.3 Å². The molecule has 2 aromatic rings. The Hall–Kier alpha value is -3.03. The molecule has 2 atom stereocenters. The van der Waals surface area contributed by atoms with E-state index in [1.54, 1.807) is 24.3 Å². The van der Waals surface area contributed by atoms with Crippen molar-refractivity contribution in [1.29, 1.82) is 0 Å². The zero-order chi connectivity index (χ0) is 25.7. The number of amides is 1. The minimum absolute atomic E-state index is 0. The predicted octanol–water partition coefficient (Wildman–Crippen LogP) is 0.140. The van der Waals surface area contributed by atoms with Gasteiger partial charge in [0.15, 0.2) is 5.82 Å². The summed E-state index contributed by atoms with van der Waals surface area (Å²) >= 11 is 0. The maximum Gasteiger partial charge on any atom is 2.00 e. The number of carboxylic acid groups (broad SMARTS) is 2. The molecule has 188 valence electrons. The molecule has 0 aliphatic carbocycles. The first-order chi connectivity index (χ1) is 16.6. The Kier molecular flexibility index (Phi) is 10.4. The Bertz CT molecular complexity index is 1150. The average molecular weight is 528 g/mol. The fourth-order valence-corrected chi connectivity index (χ4v) is 3.93. The molecule has 0 radical (unpaired) electrons. The Morgan fingerprint density at radius 2 is 1.89 bits per heavy atom. The number of nitrogen functional groups attached to an aromatic ring is 1. The number of aromatic nitrogens is 2. The van der Waals surface area contributed by atoms with Gasteiger partial charge in [-0.3, -0.25) is 19.4 Å². The van der Waals surface area contributed by atoms with Crippen molar-refractivity contribution in [3.05, 3.63) is 40.2 Å². The summed E-state index contributed by atoms with van der Waals surface area (Å²) in [4.78, 5) is 55.6. The molecule has 0 saturated heterocycles.